The van der Waals surface area contributed by atoms with E-state index in [0.29, 0.717) is 28.2 Å². The van der Waals surface area contributed by atoms with Crippen LogP contribution >= 0.6 is 0 Å². The highest BCUT2D eigenvalue weighted by Crippen LogP contribution is 2.23. The number of hydrogen-bond acceptors (Lipinski definition) is 5. The van der Waals surface area contributed by atoms with E-state index in [-0.39, 0.29) is 5.43 Å². The van der Waals surface area contributed by atoms with Gasteiger partial charge in [-0.15, -0.1) is 0 Å². The summed E-state index contributed by atoms with van der Waals surface area (Å²) in [5.41, 5.74) is 2.96. The number of benzene rings is 2. The Hall–Kier alpha value is -3.21. The Bertz CT molecular complexity index is 1020. The molecular formula is C23H25NO4. The highest BCUT2D eigenvalue weighted by molar-refractivity contribution is 5.82. The van der Waals surface area contributed by atoms with E-state index in [0.717, 1.165) is 30.6 Å². The van der Waals surface area contributed by atoms with Gasteiger partial charge >= 0.3 is 0 Å². The van der Waals surface area contributed by atoms with Crippen molar-refractivity contribution >= 4 is 11.0 Å². The lowest BCUT2D eigenvalue weighted by molar-refractivity contribution is -0.188. The molecule has 5 nitrogen and oxygen atoms in total. The van der Waals surface area contributed by atoms with Crippen LogP contribution in [0.4, 0.5) is 0 Å². The van der Waals surface area contributed by atoms with Crippen molar-refractivity contribution < 1.29 is 14.2 Å². The third-order valence-corrected chi connectivity index (χ3v) is 4.76. The molecule has 28 heavy (non-hydrogen) atoms. The smallest absolute Gasteiger partial charge is 0.239 e. The third-order valence-electron chi connectivity index (χ3n) is 4.76. The number of rotatable bonds is 8. The van der Waals surface area contributed by atoms with Crippen LogP contribution in [0.5, 0.6) is 5.75 Å². The van der Waals surface area contributed by atoms with Crippen LogP contribution in [-0.4, -0.2) is 18.0 Å². The van der Waals surface area contributed by atoms with Crippen LogP contribution in [0.15, 0.2) is 70.4 Å². The first-order chi connectivity index (χ1) is 13.6. The molecule has 0 spiro atoms. The Kier molecular flexibility index (Phi) is 6.04. The monoisotopic (exact) mass is 379 g/mol. The van der Waals surface area contributed by atoms with Gasteiger partial charge in [0.1, 0.15) is 11.8 Å². The molecule has 1 heterocycles. The molecule has 0 bridgehead atoms. The van der Waals surface area contributed by atoms with Gasteiger partial charge in [-0.2, -0.15) is 0 Å². The van der Waals surface area contributed by atoms with Crippen LogP contribution in [0.1, 0.15) is 26.3 Å². The molecule has 0 saturated heterocycles. The van der Waals surface area contributed by atoms with Gasteiger partial charge in [0.25, 0.3) is 0 Å². The van der Waals surface area contributed by atoms with Crippen LogP contribution in [0, 0.1) is 0 Å². The zero-order chi connectivity index (χ0) is 20.1. The first-order valence-electron chi connectivity index (χ1n) is 9.50. The fourth-order valence-electron chi connectivity index (χ4n) is 3.01. The van der Waals surface area contributed by atoms with Crippen LogP contribution in [-0.2, 0) is 11.3 Å². The zero-order valence-corrected chi connectivity index (χ0v) is 16.5. The Labute approximate surface area is 164 Å². The fourth-order valence-corrected chi connectivity index (χ4v) is 3.01. The summed E-state index contributed by atoms with van der Waals surface area (Å²) in [6.07, 6.45) is 2.41. The maximum Gasteiger partial charge on any atom is 0.239 e. The Morgan fingerprint density at radius 1 is 1.07 bits per heavy atom. The van der Waals surface area contributed by atoms with E-state index in [9.17, 15) is 4.79 Å². The molecule has 0 unspecified atom stereocenters. The lowest BCUT2D eigenvalue weighted by atomic mass is 10.0. The summed E-state index contributed by atoms with van der Waals surface area (Å²) in [5, 5.41) is 0.578. The van der Waals surface area contributed by atoms with Gasteiger partial charge in [0.15, 0.2) is 11.2 Å². The van der Waals surface area contributed by atoms with Crippen molar-refractivity contribution in [3.05, 3.63) is 77.0 Å². The largest absolute Gasteiger partial charge is 0.463 e. The van der Waals surface area contributed by atoms with E-state index in [1.54, 1.807) is 24.3 Å². The standard InChI is InChI=1S/C23H25NO4/c1-5-17-8-13-20-22(14-17)26-15-21(23(20)25)18-9-11-19(12-10-18)28-27-16(4)24(6-2)7-3/h8-15H,4-7H2,1-3H3. The Balaban J connectivity index is 1.79. The number of aryl methyl sites for hydroxylation is 1. The molecule has 0 fully saturated rings. The molecule has 146 valence electrons. The second-order valence-corrected chi connectivity index (χ2v) is 6.42. The molecule has 3 aromatic rings. The van der Waals surface area contributed by atoms with Crippen LogP contribution in [0.25, 0.3) is 22.1 Å². The molecule has 5 heteroatoms. The lowest BCUT2D eigenvalue weighted by Crippen LogP contribution is -2.23. The molecular weight excluding hydrogens is 354 g/mol. The van der Waals surface area contributed by atoms with Gasteiger partial charge < -0.3 is 9.32 Å². The van der Waals surface area contributed by atoms with Gasteiger partial charge in [-0.25, -0.2) is 0 Å². The number of hydrogen-bond donors (Lipinski definition) is 0. The first kappa shape index (κ1) is 19.5. The second-order valence-electron chi connectivity index (χ2n) is 6.42. The minimum Gasteiger partial charge on any atom is -0.463 e. The molecule has 0 amide bonds. The quantitative estimate of drug-likeness (QED) is 0.308. The summed E-state index contributed by atoms with van der Waals surface area (Å²) in [6.45, 7) is 11.5. The number of fused-ring (bicyclic) bond motifs is 1. The van der Waals surface area contributed by atoms with E-state index >= 15 is 0 Å². The van der Waals surface area contributed by atoms with Crippen molar-refractivity contribution in [2.45, 2.75) is 27.2 Å². The molecule has 3 rings (SSSR count). The summed E-state index contributed by atoms with van der Waals surface area (Å²) >= 11 is 0. The molecule has 0 aliphatic carbocycles. The van der Waals surface area contributed by atoms with Crippen molar-refractivity contribution in [2.24, 2.45) is 0 Å². The second kappa shape index (κ2) is 8.65. The molecule has 0 atom stereocenters. The fraction of sp³-hybridized carbons (Fsp3) is 0.261. The van der Waals surface area contributed by atoms with Crippen molar-refractivity contribution in [2.75, 3.05) is 13.1 Å². The lowest BCUT2D eigenvalue weighted by Gasteiger charge is -2.21. The average molecular weight is 379 g/mol. The summed E-state index contributed by atoms with van der Waals surface area (Å²) in [4.78, 5) is 25.4. The molecule has 0 N–H and O–H groups in total. The average Bonchev–Trinajstić information content (AvgIpc) is 2.73. The van der Waals surface area contributed by atoms with E-state index in [1.165, 1.54) is 6.26 Å². The van der Waals surface area contributed by atoms with Crippen molar-refractivity contribution in [1.29, 1.82) is 0 Å². The summed E-state index contributed by atoms with van der Waals surface area (Å²) in [7, 11) is 0. The molecule has 0 radical (unpaired) electrons. The van der Waals surface area contributed by atoms with Gasteiger partial charge in [-0.3, -0.25) is 14.6 Å². The van der Waals surface area contributed by atoms with E-state index in [4.69, 9.17) is 14.2 Å². The highest BCUT2D eigenvalue weighted by Gasteiger charge is 2.11. The predicted octanol–water partition coefficient (Wildman–Crippen LogP) is 5.15. The predicted molar refractivity (Wildman–Crippen MR) is 111 cm³/mol. The van der Waals surface area contributed by atoms with Crippen LogP contribution in [0.3, 0.4) is 0 Å². The van der Waals surface area contributed by atoms with Crippen molar-refractivity contribution in [3.63, 3.8) is 0 Å². The van der Waals surface area contributed by atoms with E-state index in [1.807, 2.05) is 36.9 Å². The van der Waals surface area contributed by atoms with Crippen molar-refractivity contribution in [1.82, 2.24) is 4.90 Å². The highest BCUT2D eigenvalue weighted by atomic mass is 17.2. The minimum absolute atomic E-state index is 0.0521. The van der Waals surface area contributed by atoms with Gasteiger partial charge in [-0.1, -0.05) is 25.1 Å². The third kappa shape index (κ3) is 4.03. The van der Waals surface area contributed by atoms with Gasteiger partial charge in [0.05, 0.1) is 10.9 Å². The zero-order valence-electron chi connectivity index (χ0n) is 16.5. The molecule has 0 aliphatic rings. The normalized spacial score (nSPS) is 10.7. The summed E-state index contributed by atoms with van der Waals surface area (Å²) in [5.74, 6) is 0.977. The SMILES string of the molecule is C=C(OOc1ccc(-c2coc3cc(CC)ccc3c2=O)cc1)N(CC)CC. The molecule has 0 aliphatic heterocycles. The summed E-state index contributed by atoms with van der Waals surface area (Å²) in [6, 6.07) is 12.8. The maximum atomic E-state index is 12.8. The molecule has 0 saturated carbocycles. The Morgan fingerprint density at radius 3 is 2.43 bits per heavy atom. The minimum atomic E-state index is -0.0521. The van der Waals surface area contributed by atoms with E-state index < -0.39 is 0 Å². The Morgan fingerprint density at radius 2 is 1.79 bits per heavy atom. The first-order valence-corrected chi connectivity index (χ1v) is 9.50. The van der Waals surface area contributed by atoms with E-state index in [2.05, 4.69) is 13.5 Å². The molecule has 1 aromatic heterocycles. The van der Waals surface area contributed by atoms with Gasteiger partial charge in [0, 0.05) is 13.1 Å². The van der Waals surface area contributed by atoms with Crippen LogP contribution < -0.4 is 10.3 Å². The molecule has 2 aromatic carbocycles. The number of nitrogens with zero attached hydrogens (tertiary/aromatic N) is 1. The van der Waals surface area contributed by atoms with Gasteiger partial charge in [0.2, 0.25) is 5.88 Å². The topological polar surface area (TPSA) is 51.9 Å². The van der Waals surface area contributed by atoms with Crippen molar-refractivity contribution in [3.8, 4) is 16.9 Å². The van der Waals surface area contributed by atoms with Crippen LogP contribution in [0.2, 0.25) is 0 Å². The summed E-state index contributed by atoms with van der Waals surface area (Å²) < 4.78 is 5.71. The maximum absolute atomic E-state index is 12.8. The van der Waals surface area contributed by atoms with Gasteiger partial charge in [-0.05, 0) is 62.2 Å².